The van der Waals surface area contributed by atoms with Crippen LogP contribution < -0.4 is 4.74 Å². The molecule has 1 aromatic rings. The molecule has 1 aromatic carbocycles. The third kappa shape index (κ3) is 2.89. The molecule has 0 atom stereocenters. The van der Waals surface area contributed by atoms with E-state index in [1.807, 2.05) is 12.1 Å². The van der Waals surface area contributed by atoms with Gasteiger partial charge in [0.2, 0.25) is 0 Å². The molecule has 0 aliphatic carbocycles. The Kier molecular flexibility index (Phi) is 4.21. The first-order chi connectivity index (χ1) is 8.22. The number of ketones is 1. The number of Topliss-reactive ketones (excluding diaryl/α,β-unsaturated/α-hetero) is 1. The first-order valence-electron chi connectivity index (χ1n) is 6.20. The van der Waals surface area contributed by atoms with Gasteiger partial charge in [-0.1, -0.05) is 35.7 Å². The zero-order valence-corrected chi connectivity index (χ0v) is 11.7. The second-order valence-corrected chi connectivity index (χ2v) is 5.34. The Morgan fingerprint density at radius 1 is 1.41 bits per heavy atom. The summed E-state index contributed by atoms with van der Waals surface area (Å²) >= 11 is 3.46. The number of carbonyl (C=O) groups is 1. The van der Waals surface area contributed by atoms with E-state index in [1.165, 1.54) is 0 Å². The van der Waals surface area contributed by atoms with Crippen molar-refractivity contribution in [3.63, 3.8) is 0 Å². The summed E-state index contributed by atoms with van der Waals surface area (Å²) in [5.74, 6) is 1.02. The first-order valence-corrected chi connectivity index (χ1v) is 7.00. The van der Waals surface area contributed by atoms with E-state index in [2.05, 4.69) is 22.9 Å². The minimum Gasteiger partial charge on any atom is -0.492 e. The fourth-order valence-corrected chi connectivity index (χ4v) is 2.65. The maximum atomic E-state index is 12.1. The van der Waals surface area contributed by atoms with Gasteiger partial charge in [0.1, 0.15) is 5.75 Å². The van der Waals surface area contributed by atoms with Crippen LogP contribution in [0.3, 0.4) is 0 Å². The number of ether oxygens (including phenoxy) is 1. The predicted molar refractivity (Wildman–Crippen MR) is 71.8 cm³/mol. The van der Waals surface area contributed by atoms with Crippen LogP contribution in [0.15, 0.2) is 16.6 Å². The minimum absolute atomic E-state index is 0.206. The average molecular weight is 297 g/mol. The number of unbranched alkanes of at least 4 members (excludes halogenated alkanes) is 2. The molecule has 0 spiro atoms. The van der Waals surface area contributed by atoms with Gasteiger partial charge in [-0.2, -0.15) is 0 Å². The Morgan fingerprint density at radius 3 is 3.00 bits per heavy atom. The van der Waals surface area contributed by atoms with Crippen LogP contribution in [0.1, 0.15) is 48.5 Å². The fourth-order valence-electron chi connectivity index (χ4n) is 2.15. The zero-order valence-electron chi connectivity index (χ0n) is 10.1. The highest BCUT2D eigenvalue weighted by atomic mass is 79.9. The molecule has 0 fully saturated rings. The van der Waals surface area contributed by atoms with Crippen molar-refractivity contribution >= 4 is 21.7 Å². The lowest BCUT2D eigenvalue weighted by atomic mass is 10.0. The van der Waals surface area contributed by atoms with Crippen LogP contribution in [-0.4, -0.2) is 12.4 Å². The van der Waals surface area contributed by atoms with Gasteiger partial charge in [0.05, 0.1) is 12.2 Å². The van der Waals surface area contributed by atoms with Crippen molar-refractivity contribution in [1.29, 1.82) is 0 Å². The molecule has 0 radical (unpaired) electrons. The summed E-state index contributed by atoms with van der Waals surface area (Å²) in [6, 6.07) is 3.93. The van der Waals surface area contributed by atoms with Gasteiger partial charge in [0.25, 0.3) is 0 Å². The van der Waals surface area contributed by atoms with Crippen molar-refractivity contribution in [3.8, 4) is 5.75 Å². The highest BCUT2D eigenvalue weighted by Gasteiger charge is 2.21. The zero-order chi connectivity index (χ0) is 12.3. The van der Waals surface area contributed by atoms with Crippen LogP contribution in [0.2, 0.25) is 0 Å². The fraction of sp³-hybridized carbons (Fsp3) is 0.500. The maximum absolute atomic E-state index is 12.1. The third-order valence-corrected chi connectivity index (χ3v) is 3.51. The highest BCUT2D eigenvalue weighted by molar-refractivity contribution is 9.10. The molecule has 92 valence electrons. The largest absolute Gasteiger partial charge is 0.492 e. The normalized spacial score (nSPS) is 13.3. The number of halogens is 1. The summed E-state index contributed by atoms with van der Waals surface area (Å²) in [6.45, 7) is 2.84. The molecule has 17 heavy (non-hydrogen) atoms. The molecular formula is C14H17BrO2. The van der Waals surface area contributed by atoms with Gasteiger partial charge >= 0.3 is 0 Å². The summed E-state index contributed by atoms with van der Waals surface area (Å²) in [6.07, 6.45) is 4.75. The van der Waals surface area contributed by atoms with Gasteiger partial charge in [0, 0.05) is 17.3 Å². The van der Waals surface area contributed by atoms with Gasteiger partial charge in [-0.3, -0.25) is 4.79 Å². The SMILES string of the molecule is CCCCCC(=O)c1cc(Br)cc2c1OCC2. The van der Waals surface area contributed by atoms with Crippen molar-refractivity contribution in [2.45, 2.75) is 39.0 Å². The molecule has 0 bridgehead atoms. The van der Waals surface area contributed by atoms with Crippen molar-refractivity contribution in [1.82, 2.24) is 0 Å². The van der Waals surface area contributed by atoms with Crippen molar-refractivity contribution in [2.24, 2.45) is 0 Å². The van der Waals surface area contributed by atoms with Gasteiger partial charge < -0.3 is 4.74 Å². The quantitative estimate of drug-likeness (QED) is 0.603. The van der Waals surface area contributed by atoms with Crippen molar-refractivity contribution in [2.75, 3.05) is 6.61 Å². The van der Waals surface area contributed by atoms with Crippen molar-refractivity contribution in [3.05, 3.63) is 27.7 Å². The van der Waals surface area contributed by atoms with E-state index in [1.54, 1.807) is 0 Å². The topological polar surface area (TPSA) is 26.3 Å². The van der Waals surface area contributed by atoms with E-state index in [9.17, 15) is 4.79 Å². The van der Waals surface area contributed by atoms with Crippen LogP contribution >= 0.6 is 15.9 Å². The number of carbonyl (C=O) groups excluding carboxylic acids is 1. The van der Waals surface area contributed by atoms with Crippen LogP contribution in [0.4, 0.5) is 0 Å². The maximum Gasteiger partial charge on any atom is 0.166 e. The Labute approximate surface area is 110 Å². The lowest BCUT2D eigenvalue weighted by Crippen LogP contribution is -2.02. The van der Waals surface area contributed by atoms with E-state index in [0.717, 1.165) is 47.0 Å². The molecule has 1 aliphatic heterocycles. The van der Waals surface area contributed by atoms with E-state index in [0.29, 0.717) is 13.0 Å². The van der Waals surface area contributed by atoms with Gasteiger partial charge in [-0.05, 0) is 24.1 Å². The smallest absolute Gasteiger partial charge is 0.166 e. The summed E-state index contributed by atoms with van der Waals surface area (Å²) < 4.78 is 6.54. The summed E-state index contributed by atoms with van der Waals surface area (Å²) in [4.78, 5) is 12.1. The number of rotatable bonds is 5. The summed E-state index contributed by atoms with van der Waals surface area (Å²) in [7, 11) is 0. The summed E-state index contributed by atoms with van der Waals surface area (Å²) in [5.41, 5.74) is 1.90. The van der Waals surface area contributed by atoms with Gasteiger partial charge in [-0.25, -0.2) is 0 Å². The molecule has 2 rings (SSSR count). The first kappa shape index (κ1) is 12.6. The van der Waals surface area contributed by atoms with Crippen LogP contribution in [0.25, 0.3) is 0 Å². The molecule has 1 heterocycles. The Balaban J connectivity index is 2.17. The molecule has 0 N–H and O–H groups in total. The minimum atomic E-state index is 0.206. The number of hydrogen-bond donors (Lipinski definition) is 0. The molecule has 2 nitrogen and oxygen atoms in total. The lowest BCUT2D eigenvalue weighted by molar-refractivity contribution is 0.0976. The van der Waals surface area contributed by atoms with Crippen LogP contribution in [0.5, 0.6) is 5.75 Å². The standard InChI is InChI=1S/C14H17BrO2/c1-2-3-4-5-13(16)12-9-11(15)8-10-6-7-17-14(10)12/h8-9H,2-7H2,1H3. The molecule has 0 saturated carbocycles. The molecular weight excluding hydrogens is 280 g/mol. The molecule has 0 amide bonds. The summed E-state index contributed by atoms with van der Waals surface area (Å²) in [5, 5.41) is 0. The molecule has 3 heteroatoms. The van der Waals surface area contributed by atoms with Crippen LogP contribution in [0, 0.1) is 0 Å². The van der Waals surface area contributed by atoms with E-state index < -0.39 is 0 Å². The van der Waals surface area contributed by atoms with Gasteiger partial charge in [-0.15, -0.1) is 0 Å². The van der Waals surface area contributed by atoms with Crippen molar-refractivity contribution < 1.29 is 9.53 Å². The molecule has 0 unspecified atom stereocenters. The lowest BCUT2D eigenvalue weighted by Gasteiger charge is -2.08. The average Bonchev–Trinajstić information content (AvgIpc) is 2.75. The van der Waals surface area contributed by atoms with E-state index in [4.69, 9.17) is 4.74 Å². The molecule has 1 aliphatic rings. The highest BCUT2D eigenvalue weighted by Crippen LogP contribution is 2.33. The second-order valence-electron chi connectivity index (χ2n) is 4.42. The number of hydrogen-bond acceptors (Lipinski definition) is 2. The second kappa shape index (κ2) is 5.67. The van der Waals surface area contributed by atoms with Gasteiger partial charge in [0.15, 0.2) is 5.78 Å². The monoisotopic (exact) mass is 296 g/mol. The van der Waals surface area contributed by atoms with Crippen LogP contribution in [-0.2, 0) is 6.42 Å². The Morgan fingerprint density at radius 2 is 2.24 bits per heavy atom. The third-order valence-electron chi connectivity index (χ3n) is 3.06. The number of fused-ring (bicyclic) bond motifs is 1. The molecule has 0 saturated heterocycles. The Bertz CT molecular complexity index is 426. The van der Waals surface area contributed by atoms with E-state index >= 15 is 0 Å². The number of benzene rings is 1. The predicted octanol–water partition coefficient (Wildman–Crippen LogP) is 4.15. The Hall–Kier alpha value is -0.830. The molecule has 0 aromatic heterocycles. The van der Waals surface area contributed by atoms with E-state index in [-0.39, 0.29) is 5.78 Å².